The van der Waals surface area contributed by atoms with Gasteiger partial charge in [-0.15, -0.1) is 0 Å². The van der Waals surface area contributed by atoms with Crippen LogP contribution >= 0.6 is 0 Å². The van der Waals surface area contributed by atoms with Crippen molar-refractivity contribution in [3.8, 4) is 0 Å². The van der Waals surface area contributed by atoms with Crippen molar-refractivity contribution in [2.45, 2.75) is 39.5 Å². The third-order valence-corrected chi connectivity index (χ3v) is 5.32. The molecule has 39 heavy (non-hydrogen) atoms. The fraction of sp³-hybridized carbons (Fsp3) is 0.321. The Balaban J connectivity index is 1.67. The van der Waals surface area contributed by atoms with Gasteiger partial charge in [0.05, 0.1) is 6.54 Å². The lowest BCUT2D eigenvalue weighted by Crippen LogP contribution is -2.45. The summed E-state index contributed by atoms with van der Waals surface area (Å²) in [6.07, 6.45) is -0.333. The molecule has 1 heterocycles. The molecule has 2 aromatic carbocycles. The Kier molecular flexibility index (Phi) is 9.80. The minimum absolute atomic E-state index is 0.0328. The molecule has 206 valence electrons. The maximum absolute atomic E-state index is 13.0. The van der Waals surface area contributed by atoms with Gasteiger partial charge < -0.3 is 19.1 Å². The van der Waals surface area contributed by atoms with Crippen molar-refractivity contribution in [3.63, 3.8) is 0 Å². The number of carbonyl (C=O) groups excluding carboxylic acids is 3. The van der Waals surface area contributed by atoms with E-state index < -0.39 is 35.0 Å². The molecule has 0 bridgehead atoms. The fourth-order valence-corrected chi connectivity index (χ4v) is 3.43. The summed E-state index contributed by atoms with van der Waals surface area (Å²) in [4.78, 5) is 64.2. The van der Waals surface area contributed by atoms with Gasteiger partial charge >= 0.3 is 17.9 Å². The molecule has 1 amide bonds. The summed E-state index contributed by atoms with van der Waals surface area (Å²) in [5, 5.41) is 0. The molecule has 0 aliphatic carbocycles. The summed E-state index contributed by atoms with van der Waals surface area (Å²) in [6, 6.07) is 18.1. The summed E-state index contributed by atoms with van der Waals surface area (Å²) in [5.74, 6) is -0.758. The minimum Gasteiger partial charge on any atom is -0.444 e. The zero-order chi connectivity index (χ0) is 28.4. The second kappa shape index (κ2) is 13.2. The normalized spacial score (nSPS) is 10.9. The van der Waals surface area contributed by atoms with E-state index in [4.69, 9.17) is 14.2 Å². The van der Waals surface area contributed by atoms with Crippen LogP contribution in [0.3, 0.4) is 0 Å². The molecule has 0 atom stereocenters. The quantitative estimate of drug-likeness (QED) is 0.381. The molecule has 3 aromatic rings. The van der Waals surface area contributed by atoms with Crippen LogP contribution in [-0.2, 0) is 27.4 Å². The van der Waals surface area contributed by atoms with Crippen LogP contribution in [0.1, 0.15) is 36.7 Å². The smallest absolute Gasteiger partial charge is 0.444 e. The molecule has 0 N–H and O–H groups in total. The van der Waals surface area contributed by atoms with Crippen LogP contribution in [0.2, 0.25) is 0 Å². The number of aromatic nitrogens is 2. The minimum atomic E-state index is -0.897. The first-order valence-electron chi connectivity index (χ1n) is 12.3. The second-order valence-electron chi connectivity index (χ2n) is 9.48. The highest BCUT2D eigenvalue weighted by atomic mass is 16.7. The standard InChI is InChI=1S/C28H31N3O8/c1-28(2,3)39-26(35)30(18-19-37-27(36)38-20-21-10-6-4-7-11-21)17-16-29-15-14-23(32)31(25(29)34)24(33)22-12-8-5-9-13-22/h4-15H,16-20H2,1-3H3. The largest absolute Gasteiger partial charge is 0.508 e. The van der Waals surface area contributed by atoms with Crippen LogP contribution in [0, 0.1) is 0 Å². The molecule has 0 unspecified atom stereocenters. The number of rotatable bonds is 9. The Bertz CT molecular complexity index is 1390. The summed E-state index contributed by atoms with van der Waals surface area (Å²) in [6.45, 7) is 4.83. The molecular formula is C28H31N3O8. The molecule has 3 rings (SSSR count). The molecule has 0 saturated carbocycles. The van der Waals surface area contributed by atoms with Crippen LogP contribution in [0.4, 0.5) is 9.59 Å². The molecule has 0 saturated heterocycles. The molecule has 0 spiro atoms. The number of ether oxygens (including phenoxy) is 3. The van der Waals surface area contributed by atoms with Crippen molar-refractivity contribution in [3.05, 3.63) is 105 Å². The zero-order valence-corrected chi connectivity index (χ0v) is 22.1. The molecule has 0 aliphatic rings. The van der Waals surface area contributed by atoms with Gasteiger partial charge in [0.2, 0.25) is 0 Å². The van der Waals surface area contributed by atoms with E-state index in [0.717, 1.165) is 16.2 Å². The van der Waals surface area contributed by atoms with E-state index in [0.29, 0.717) is 4.57 Å². The number of amides is 1. The Hall–Kier alpha value is -4.67. The lowest BCUT2D eigenvalue weighted by molar-refractivity contribution is 0.0131. The van der Waals surface area contributed by atoms with E-state index >= 15 is 0 Å². The maximum Gasteiger partial charge on any atom is 0.508 e. The van der Waals surface area contributed by atoms with Crippen molar-refractivity contribution < 1.29 is 28.6 Å². The molecule has 11 nitrogen and oxygen atoms in total. The van der Waals surface area contributed by atoms with Gasteiger partial charge in [0.1, 0.15) is 18.8 Å². The van der Waals surface area contributed by atoms with E-state index in [-0.39, 0.29) is 38.4 Å². The summed E-state index contributed by atoms with van der Waals surface area (Å²) in [7, 11) is 0. The van der Waals surface area contributed by atoms with Crippen molar-refractivity contribution in [2.75, 3.05) is 19.7 Å². The maximum atomic E-state index is 13.0. The lowest BCUT2D eigenvalue weighted by atomic mass is 10.2. The Morgan fingerprint density at radius 3 is 2.13 bits per heavy atom. The highest BCUT2D eigenvalue weighted by Crippen LogP contribution is 2.10. The summed E-state index contributed by atoms with van der Waals surface area (Å²) < 4.78 is 17.3. The second-order valence-corrected chi connectivity index (χ2v) is 9.48. The zero-order valence-electron chi connectivity index (χ0n) is 22.1. The molecular weight excluding hydrogens is 506 g/mol. The van der Waals surface area contributed by atoms with Gasteiger partial charge in [0, 0.05) is 30.9 Å². The third kappa shape index (κ3) is 8.70. The van der Waals surface area contributed by atoms with Crippen molar-refractivity contribution in [1.82, 2.24) is 14.0 Å². The highest BCUT2D eigenvalue weighted by Gasteiger charge is 2.23. The van der Waals surface area contributed by atoms with Gasteiger partial charge in [-0.3, -0.25) is 14.2 Å². The lowest BCUT2D eigenvalue weighted by Gasteiger charge is -2.27. The van der Waals surface area contributed by atoms with Gasteiger partial charge in [-0.2, -0.15) is 4.57 Å². The van der Waals surface area contributed by atoms with Crippen LogP contribution < -0.4 is 11.2 Å². The predicted octanol–water partition coefficient (Wildman–Crippen LogP) is 3.29. The number of carbonyl (C=O) groups is 3. The first-order chi connectivity index (χ1) is 18.5. The topological polar surface area (TPSA) is 126 Å². The average molecular weight is 538 g/mol. The van der Waals surface area contributed by atoms with E-state index in [9.17, 15) is 24.0 Å². The average Bonchev–Trinajstić information content (AvgIpc) is 2.90. The van der Waals surface area contributed by atoms with E-state index in [1.54, 1.807) is 51.1 Å². The number of hydrogen-bond acceptors (Lipinski definition) is 8. The van der Waals surface area contributed by atoms with Crippen molar-refractivity contribution in [2.24, 2.45) is 0 Å². The van der Waals surface area contributed by atoms with Gasteiger partial charge in [0.15, 0.2) is 0 Å². The van der Waals surface area contributed by atoms with Gasteiger partial charge in [0.25, 0.3) is 11.5 Å². The molecule has 11 heteroatoms. The van der Waals surface area contributed by atoms with Crippen LogP contribution in [-0.4, -0.2) is 57.5 Å². The Morgan fingerprint density at radius 1 is 0.846 bits per heavy atom. The molecule has 0 radical (unpaired) electrons. The number of hydrogen-bond donors (Lipinski definition) is 0. The highest BCUT2D eigenvalue weighted by molar-refractivity contribution is 5.95. The number of nitrogens with zero attached hydrogens (tertiary/aromatic N) is 3. The Labute approximate surface area is 225 Å². The molecule has 0 aliphatic heterocycles. The fourth-order valence-electron chi connectivity index (χ4n) is 3.43. The third-order valence-electron chi connectivity index (χ3n) is 5.32. The van der Waals surface area contributed by atoms with Crippen LogP contribution in [0.5, 0.6) is 0 Å². The monoisotopic (exact) mass is 537 g/mol. The summed E-state index contributed by atoms with van der Waals surface area (Å²) in [5.41, 5.74) is -1.43. The predicted molar refractivity (Wildman–Crippen MR) is 142 cm³/mol. The van der Waals surface area contributed by atoms with Gasteiger partial charge in [-0.05, 0) is 38.5 Å². The molecule has 1 aromatic heterocycles. The van der Waals surface area contributed by atoms with Crippen LogP contribution in [0.15, 0.2) is 82.5 Å². The van der Waals surface area contributed by atoms with E-state index in [2.05, 4.69) is 0 Å². The van der Waals surface area contributed by atoms with E-state index in [1.807, 2.05) is 18.2 Å². The summed E-state index contributed by atoms with van der Waals surface area (Å²) >= 11 is 0. The van der Waals surface area contributed by atoms with Crippen molar-refractivity contribution >= 4 is 18.2 Å². The molecule has 0 fully saturated rings. The SMILES string of the molecule is CC(C)(C)OC(=O)N(CCOC(=O)OCc1ccccc1)CCn1ccc(=O)n(C(=O)c2ccccc2)c1=O. The Morgan fingerprint density at radius 2 is 1.49 bits per heavy atom. The van der Waals surface area contributed by atoms with Crippen molar-refractivity contribution in [1.29, 1.82) is 0 Å². The first-order valence-corrected chi connectivity index (χ1v) is 12.3. The van der Waals surface area contributed by atoms with Crippen LogP contribution in [0.25, 0.3) is 0 Å². The van der Waals surface area contributed by atoms with Gasteiger partial charge in [-0.25, -0.2) is 14.4 Å². The van der Waals surface area contributed by atoms with Gasteiger partial charge in [-0.1, -0.05) is 48.5 Å². The number of benzene rings is 2. The first kappa shape index (κ1) is 28.9. The van der Waals surface area contributed by atoms with E-state index in [1.165, 1.54) is 23.2 Å².